The van der Waals surface area contributed by atoms with Gasteiger partial charge in [0.2, 0.25) is 0 Å². The Bertz CT molecular complexity index is 722. The number of nitrogens with zero attached hydrogens (tertiary/aromatic N) is 1. The Morgan fingerprint density at radius 3 is 2.73 bits per heavy atom. The third kappa shape index (κ3) is 3.24. The summed E-state index contributed by atoms with van der Waals surface area (Å²) < 4.78 is 38.5. The minimum absolute atomic E-state index is 0.0605. The van der Waals surface area contributed by atoms with E-state index in [2.05, 4.69) is 5.32 Å². The van der Waals surface area contributed by atoms with Crippen LogP contribution in [0.2, 0.25) is 0 Å². The van der Waals surface area contributed by atoms with E-state index < -0.39 is 35.2 Å². The number of nitrogens with one attached hydrogen (secondary N) is 1. The van der Waals surface area contributed by atoms with Gasteiger partial charge in [0.1, 0.15) is 0 Å². The van der Waals surface area contributed by atoms with Crippen LogP contribution in [0.25, 0.3) is 0 Å². The Morgan fingerprint density at radius 1 is 1.38 bits per heavy atom. The van der Waals surface area contributed by atoms with E-state index in [-0.39, 0.29) is 12.5 Å². The van der Waals surface area contributed by atoms with Crippen molar-refractivity contribution in [1.29, 1.82) is 0 Å². The Balaban J connectivity index is 1.68. The van der Waals surface area contributed by atoms with Gasteiger partial charge in [-0.25, -0.2) is 4.79 Å². The highest BCUT2D eigenvalue weighted by atomic mass is 19.4. The first-order valence-electron chi connectivity index (χ1n) is 8.59. The molecule has 1 unspecified atom stereocenters. The molecule has 2 amide bonds. The molecule has 1 heterocycles. The van der Waals surface area contributed by atoms with Crippen molar-refractivity contribution in [3.63, 3.8) is 0 Å². The number of aliphatic carboxylic acids is 1. The monoisotopic (exact) mass is 370 g/mol. The van der Waals surface area contributed by atoms with E-state index in [9.17, 15) is 27.9 Å². The molecular weight excluding hydrogens is 349 g/mol. The van der Waals surface area contributed by atoms with Crippen molar-refractivity contribution >= 4 is 12.0 Å². The number of carbonyl (C=O) groups excluding carboxylic acids is 1. The van der Waals surface area contributed by atoms with Crippen LogP contribution in [0.4, 0.5) is 18.0 Å². The van der Waals surface area contributed by atoms with Crippen molar-refractivity contribution in [2.24, 2.45) is 11.3 Å². The zero-order valence-electron chi connectivity index (χ0n) is 14.3. The van der Waals surface area contributed by atoms with Gasteiger partial charge in [0, 0.05) is 13.1 Å². The largest absolute Gasteiger partial charge is 0.481 e. The lowest BCUT2D eigenvalue weighted by Gasteiger charge is -2.24. The number of fused-ring (bicyclic) bond motifs is 1. The number of carboxylic acid groups (broad SMARTS) is 1. The van der Waals surface area contributed by atoms with Crippen molar-refractivity contribution in [2.75, 3.05) is 13.1 Å². The molecule has 2 aliphatic rings. The van der Waals surface area contributed by atoms with Gasteiger partial charge in [0.15, 0.2) is 0 Å². The van der Waals surface area contributed by atoms with Crippen molar-refractivity contribution in [2.45, 2.75) is 38.4 Å². The quantitative estimate of drug-likeness (QED) is 0.853. The molecule has 1 saturated carbocycles. The summed E-state index contributed by atoms with van der Waals surface area (Å²) >= 11 is 0. The zero-order chi connectivity index (χ0) is 19.1. The smallest absolute Gasteiger partial charge is 0.416 e. The van der Waals surface area contributed by atoms with Gasteiger partial charge in [-0.2, -0.15) is 13.2 Å². The third-order valence-corrected chi connectivity index (χ3v) is 5.64. The molecular formula is C18H21F3N2O3. The molecule has 2 fully saturated rings. The van der Waals surface area contributed by atoms with Crippen LogP contribution in [0.15, 0.2) is 24.3 Å². The maximum absolute atomic E-state index is 12.8. The van der Waals surface area contributed by atoms with E-state index in [1.54, 1.807) is 6.92 Å². The summed E-state index contributed by atoms with van der Waals surface area (Å²) in [5.74, 6) is -0.934. The van der Waals surface area contributed by atoms with Gasteiger partial charge in [-0.05, 0) is 43.4 Å². The average molecular weight is 370 g/mol. The predicted octanol–water partition coefficient (Wildman–Crippen LogP) is 3.66. The summed E-state index contributed by atoms with van der Waals surface area (Å²) in [4.78, 5) is 25.7. The van der Waals surface area contributed by atoms with Crippen LogP contribution in [0, 0.1) is 11.3 Å². The SMILES string of the molecule is CC(NC(=O)N1C[C@@H]2CCC[C@@]2(C(=O)O)C1)c1cccc(C(F)(F)F)c1. The van der Waals surface area contributed by atoms with E-state index in [1.807, 2.05) is 0 Å². The van der Waals surface area contributed by atoms with Crippen LogP contribution < -0.4 is 5.32 Å². The lowest BCUT2D eigenvalue weighted by molar-refractivity contribution is -0.149. The van der Waals surface area contributed by atoms with E-state index in [4.69, 9.17) is 0 Å². The van der Waals surface area contributed by atoms with Crippen LogP contribution in [0.3, 0.4) is 0 Å². The fraction of sp³-hybridized carbons (Fsp3) is 0.556. The number of hydrogen-bond acceptors (Lipinski definition) is 2. The van der Waals surface area contributed by atoms with E-state index >= 15 is 0 Å². The van der Waals surface area contributed by atoms with Crippen molar-refractivity contribution in [3.8, 4) is 0 Å². The number of rotatable bonds is 3. The lowest BCUT2D eigenvalue weighted by Crippen LogP contribution is -2.42. The van der Waals surface area contributed by atoms with Gasteiger partial charge in [0.25, 0.3) is 0 Å². The highest BCUT2D eigenvalue weighted by molar-refractivity contribution is 5.80. The maximum atomic E-state index is 12.8. The van der Waals surface area contributed by atoms with Gasteiger partial charge < -0.3 is 15.3 Å². The highest BCUT2D eigenvalue weighted by Gasteiger charge is 2.55. The summed E-state index contributed by atoms with van der Waals surface area (Å²) in [5.41, 5.74) is -1.30. The molecule has 3 rings (SSSR count). The minimum Gasteiger partial charge on any atom is -0.481 e. The van der Waals surface area contributed by atoms with Crippen LogP contribution >= 0.6 is 0 Å². The molecule has 5 nitrogen and oxygen atoms in total. The number of likely N-dealkylation sites (tertiary alicyclic amines) is 1. The van der Waals surface area contributed by atoms with E-state index in [1.165, 1.54) is 17.0 Å². The molecule has 0 spiro atoms. The minimum atomic E-state index is -4.44. The summed E-state index contributed by atoms with van der Waals surface area (Å²) in [5, 5.41) is 12.3. The fourth-order valence-corrected chi connectivity index (χ4v) is 4.14. The topological polar surface area (TPSA) is 69.6 Å². The van der Waals surface area contributed by atoms with Crippen molar-refractivity contribution < 1.29 is 27.9 Å². The number of benzene rings is 1. The first-order chi connectivity index (χ1) is 12.1. The van der Waals surface area contributed by atoms with Gasteiger partial charge in [0.05, 0.1) is 17.0 Å². The molecule has 0 bridgehead atoms. The molecule has 0 radical (unpaired) electrons. The van der Waals surface area contributed by atoms with Gasteiger partial charge >= 0.3 is 18.2 Å². The molecule has 2 N–H and O–H groups in total. The molecule has 1 saturated heterocycles. The number of amides is 2. The number of urea groups is 1. The molecule has 1 aromatic rings. The molecule has 8 heteroatoms. The number of halogens is 3. The summed E-state index contributed by atoms with van der Waals surface area (Å²) in [6.45, 7) is 2.12. The standard InChI is InChI=1S/C18H21F3N2O3/c1-11(12-4-2-5-13(8-12)18(19,20)21)22-16(26)23-9-14-6-3-7-17(14,10-23)15(24)25/h2,4-5,8,11,14H,3,6-7,9-10H2,1H3,(H,22,26)(H,24,25)/t11?,14-,17+/m0/s1. The molecule has 1 aliphatic heterocycles. The first-order valence-corrected chi connectivity index (χ1v) is 8.59. The Kier molecular flexibility index (Phi) is 4.62. The molecule has 0 aromatic heterocycles. The van der Waals surface area contributed by atoms with Crippen molar-refractivity contribution in [3.05, 3.63) is 35.4 Å². The van der Waals surface area contributed by atoms with Crippen LogP contribution in [-0.2, 0) is 11.0 Å². The number of hydrogen-bond donors (Lipinski definition) is 2. The van der Waals surface area contributed by atoms with Crippen LogP contribution in [0.1, 0.15) is 43.4 Å². The predicted molar refractivity (Wildman–Crippen MR) is 87.4 cm³/mol. The normalized spacial score (nSPS) is 26.5. The van der Waals surface area contributed by atoms with Gasteiger partial charge in [-0.1, -0.05) is 18.6 Å². The van der Waals surface area contributed by atoms with E-state index in [0.717, 1.165) is 25.0 Å². The second-order valence-corrected chi connectivity index (χ2v) is 7.23. The molecule has 26 heavy (non-hydrogen) atoms. The van der Waals surface area contributed by atoms with Crippen LogP contribution in [-0.4, -0.2) is 35.1 Å². The number of carbonyl (C=O) groups is 2. The Labute approximate surface area is 149 Å². The van der Waals surface area contributed by atoms with Gasteiger partial charge in [-0.15, -0.1) is 0 Å². The lowest BCUT2D eigenvalue weighted by atomic mass is 9.81. The number of carboxylic acids is 1. The molecule has 1 aliphatic carbocycles. The Hall–Kier alpha value is -2.25. The van der Waals surface area contributed by atoms with Crippen LogP contribution in [0.5, 0.6) is 0 Å². The summed E-state index contributed by atoms with van der Waals surface area (Å²) in [6.07, 6.45) is -2.27. The second kappa shape index (κ2) is 6.48. The highest BCUT2D eigenvalue weighted by Crippen LogP contribution is 2.48. The second-order valence-electron chi connectivity index (χ2n) is 7.23. The van der Waals surface area contributed by atoms with E-state index in [0.29, 0.717) is 18.5 Å². The van der Waals surface area contributed by atoms with Gasteiger partial charge in [-0.3, -0.25) is 4.79 Å². The molecule has 1 aromatic carbocycles. The molecule has 142 valence electrons. The average Bonchev–Trinajstić information content (AvgIpc) is 3.12. The summed E-state index contributed by atoms with van der Waals surface area (Å²) in [6, 6.07) is 3.77. The number of alkyl halides is 3. The summed E-state index contributed by atoms with van der Waals surface area (Å²) in [7, 11) is 0. The fourth-order valence-electron chi connectivity index (χ4n) is 4.14. The Morgan fingerprint density at radius 2 is 2.12 bits per heavy atom. The zero-order valence-corrected chi connectivity index (χ0v) is 14.3. The molecule has 3 atom stereocenters. The third-order valence-electron chi connectivity index (χ3n) is 5.64. The first kappa shape index (κ1) is 18.5. The van der Waals surface area contributed by atoms with Crippen molar-refractivity contribution in [1.82, 2.24) is 10.2 Å². The maximum Gasteiger partial charge on any atom is 0.416 e.